The van der Waals surface area contributed by atoms with Gasteiger partial charge in [-0.05, 0) is 25.1 Å². The van der Waals surface area contributed by atoms with Crippen molar-refractivity contribution in [3.63, 3.8) is 0 Å². The molecule has 1 aliphatic heterocycles. The van der Waals surface area contributed by atoms with E-state index in [1.807, 2.05) is 30.3 Å². The molecule has 108 valence electrons. The Labute approximate surface area is 118 Å². The number of esters is 1. The van der Waals surface area contributed by atoms with Crippen LogP contribution in [0.1, 0.15) is 12.8 Å². The number of ether oxygens (including phenoxy) is 1. The number of anilines is 1. The molecule has 5 heteroatoms. The SMILES string of the molecule is COC(=O)C1CCN(CCC(=O)Nc2ccccc2)C1. The summed E-state index contributed by atoms with van der Waals surface area (Å²) in [7, 11) is 1.41. The zero-order chi connectivity index (χ0) is 14.4. The minimum atomic E-state index is -0.152. The van der Waals surface area contributed by atoms with Crippen LogP contribution in [0.4, 0.5) is 5.69 Å². The van der Waals surface area contributed by atoms with Crippen LogP contribution in [0.3, 0.4) is 0 Å². The molecule has 0 radical (unpaired) electrons. The van der Waals surface area contributed by atoms with Gasteiger partial charge >= 0.3 is 5.97 Å². The number of carbonyl (C=O) groups excluding carboxylic acids is 2. The van der Waals surface area contributed by atoms with Crippen LogP contribution in [-0.2, 0) is 14.3 Å². The summed E-state index contributed by atoms with van der Waals surface area (Å²) in [5.41, 5.74) is 0.811. The van der Waals surface area contributed by atoms with E-state index in [-0.39, 0.29) is 17.8 Å². The predicted octanol–water partition coefficient (Wildman–Crippen LogP) is 1.51. The normalized spacial score (nSPS) is 18.8. The van der Waals surface area contributed by atoms with E-state index >= 15 is 0 Å². The third-order valence-electron chi connectivity index (χ3n) is 3.52. The summed E-state index contributed by atoms with van der Waals surface area (Å²) < 4.78 is 4.74. The van der Waals surface area contributed by atoms with E-state index in [0.717, 1.165) is 18.7 Å². The summed E-state index contributed by atoms with van der Waals surface area (Å²) in [6, 6.07) is 9.41. The average Bonchev–Trinajstić information content (AvgIpc) is 2.94. The summed E-state index contributed by atoms with van der Waals surface area (Å²) in [5.74, 6) is -0.198. The lowest BCUT2D eigenvalue weighted by Crippen LogP contribution is -2.27. The third-order valence-corrected chi connectivity index (χ3v) is 3.52. The largest absolute Gasteiger partial charge is 0.469 e. The van der Waals surface area contributed by atoms with E-state index in [9.17, 15) is 9.59 Å². The van der Waals surface area contributed by atoms with Gasteiger partial charge in [0.1, 0.15) is 0 Å². The first-order chi connectivity index (χ1) is 9.69. The minimum Gasteiger partial charge on any atom is -0.469 e. The molecular formula is C15H20N2O3. The Kier molecular flexibility index (Phi) is 5.12. The molecule has 1 amide bonds. The van der Waals surface area contributed by atoms with Crippen LogP contribution in [-0.4, -0.2) is 43.5 Å². The topological polar surface area (TPSA) is 58.6 Å². The second kappa shape index (κ2) is 7.05. The van der Waals surface area contributed by atoms with Gasteiger partial charge in [-0.15, -0.1) is 0 Å². The van der Waals surface area contributed by atoms with Gasteiger partial charge in [0, 0.05) is 25.2 Å². The fourth-order valence-electron chi connectivity index (χ4n) is 2.40. The van der Waals surface area contributed by atoms with Gasteiger partial charge in [-0.1, -0.05) is 18.2 Å². The Morgan fingerprint density at radius 2 is 2.10 bits per heavy atom. The number of nitrogens with zero attached hydrogens (tertiary/aromatic N) is 1. The Morgan fingerprint density at radius 3 is 2.80 bits per heavy atom. The van der Waals surface area contributed by atoms with Crippen molar-refractivity contribution in [2.24, 2.45) is 5.92 Å². The molecule has 1 N–H and O–H groups in total. The molecule has 1 aromatic rings. The van der Waals surface area contributed by atoms with Gasteiger partial charge in [0.15, 0.2) is 0 Å². The molecule has 1 heterocycles. The summed E-state index contributed by atoms with van der Waals surface area (Å²) in [6.07, 6.45) is 1.25. The van der Waals surface area contributed by atoms with E-state index in [2.05, 4.69) is 10.2 Å². The molecule has 0 saturated carbocycles. The van der Waals surface area contributed by atoms with Gasteiger partial charge in [0.2, 0.25) is 5.91 Å². The predicted molar refractivity (Wildman–Crippen MR) is 76.3 cm³/mol. The number of likely N-dealkylation sites (tertiary alicyclic amines) is 1. The van der Waals surface area contributed by atoms with Gasteiger partial charge in [-0.25, -0.2) is 0 Å². The van der Waals surface area contributed by atoms with Crippen LogP contribution in [0.25, 0.3) is 0 Å². The number of rotatable bonds is 5. The first kappa shape index (κ1) is 14.5. The number of para-hydroxylation sites is 1. The highest BCUT2D eigenvalue weighted by molar-refractivity contribution is 5.90. The zero-order valence-corrected chi connectivity index (χ0v) is 11.7. The minimum absolute atomic E-state index is 0.00211. The fraction of sp³-hybridized carbons (Fsp3) is 0.467. The lowest BCUT2D eigenvalue weighted by Gasteiger charge is -2.15. The second-order valence-corrected chi connectivity index (χ2v) is 4.97. The maximum atomic E-state index is 11.8. The maximum absolute atomic E-state index is 11.8. The van der Waals surface area contributed by atoms with Crippen LogP contribution < -0.4 is 5.32 Å². The van der Waals surface area contributed by atoms with Crippen LogP contribution in [0.5, 0.6) is 0 Å². The molecule has 1 fully saturated rings. The van der Waals surface area contributed by atoms with Crippen molar-refractivity contribution in [2.75, 3.05) is 32.1 Å². The Morgan fingerprint density at radius 1 is 1.35 bits per heavy atom. The van der Waals surface area contributed by atoms with E-state index in [1.165, 1.54) is 7.11 Å². The van der Waals surface area contributed by atoms with Crippen molar-refractivity contribution >= 4 is 17.6 Å². The quantitative estimate of drug-likeness (QED) is 0.828. The number of amides is 1. The average molecular weight is 276 g/mol. The van der Waals surface area contributed by atoms with Crippen molar-refractivity contribution in [1.82, 2.24) is 4.90 Å². The number of nitrogens with one attached hydrogen (secondary N) is 1. The molecule has 20 heavy (non-hydrogen) atoms. The van der Waals surface area contributed by atoms with E-state index in [4.69, 9.17) is 4.74 Å². The summed E-state index contributed by atoms with van der Waals surface area (Å²) >= 11 is 0. The molecule has 0 aromatic heterocycles. The van der Waals surface area contributed by atoms with E-state index < -0.39 is 0 Å². The molecular weight excluding hydrogens is 256 g/mol. The standard InChI is InChI=1S/C15H20N2O3/c1-20-15(19)12-7-9-17(11-12)10-8-14(18)16-13-5-3-2-4-6-13/h2-6,12H,7-11H2,1H3,(H,16,18). The molecule has 1 aromatic carbocycles. The summed E-state index contributed by atoms with van der Waals surface area (Å²) in [5, 5.41) is 2.85. The summed E-state index contributed by atoms with van der Waals surface area (Å²) in [6.45, 7) is 2.20. The molecule has 1 unspecified atom stereocenters. The van der Waals surface area contributed by atoms with Crippen LogP contribution in [0.15, 0.2) is 30.3 Å². The van der Waals surface area contributed by atoms with Crippen LogP contribution in [0, 0.1) is 5.92 Å². The monoisotopic (exact) mass is 276 g/mol. The smallest absolute Gasteiger partial charge is 0.310 e. The second-order valence-electron chi connectivity index (χ2n) is 4.97. The van der Waals surface area contributed by atoms with E-state index in [0.29, 0.717) is 19.5 Å². The highest BCUT2D eigenvalue weighted by atomic mass is 16.5. The zero-order valence-electron chi connectivity index (χ0n) is 11.7. The molecule has 0 spiro atoms. The van der Waals surface area contributed by atoms with Crippen LogP contribution >= 0.6 is 0 Å². The van der Waals surface area contributed by atoms with Crippen molar-refractivity contribution in [1.29, 1.82) is 0 Å². The van der Waals surface area contributed by atoms with Crippen molar-refractivity contribution in [2.45, 2.75) is 12.8 Å². The number of benzene rings is 1. The number of hydrogen-bond acceptors (Lipinski definition) is 4. The first-order valence-electron chi connectivity index (χ1n) is 6.84. The van der Waals surface area contributed by atoms with Crippen LogP contribution in [0.2, 0.25) is 0 Å². The fourth-order valence-corrected chi connectivity index (χ4v) is 2.40. The lowest BCUT2D eigenvalue weighted by atomic mass is 10.1. The number of carbonyl (C=O) groups is 2. The van der Waals surface area contributed by atoms with Gasteiger partial charge in [-0.2, -0.15) is 0 Å². The van der Waals surface area contributed by atoms with Gasteiger partial charge < -0.3 is 15.0 Å². The number of hydrogen-bond donors (Lipinski definition) is 1. The Balaban J connectivity index is 1.71. The molecule has 0 aliphatic carbocycles. The maximum Gasteiger partial charge on any atom is 0.310 e. The van der Waals surface area contributed by atoms with Gasteiger partial charge in [0.25, 0.3) is 0 Å². The first-order valence-corrected chi connectivity index (χ1v) is 6.84. The molecule has 5 nitrogen and oxygen atoms in total. The van der Waals surface area contributed by atoms with Crippen molar-refractivity contribution < 1.29 is 14.3 Å². The van der Waals surface area contributed by atoms with Gasteiger partial charge in [0.05, 0.1) is 13.0 Å². The highest BCUT2D eigenvalue weighted by Crippen LogP contribution is 2.17. The lowest BCUT2D eigenvalue weighted by molar-refractivity contribution is -0.144. The van der Waals surface area contributed by atoms with Crippen molar-refractivity contribution in [3.8, 4) is 0 Å². The Hall–Kier alpha value is -1.88. The van der Waals surface area contributed by atoms with E-state index in [1.54, 1.807) is 0 Å². The number of methoxy groups -OCH3 is 1. The third kappa shape index (κ3) is 4.06. The molecule has 1 atom stereocenters. The molecule has 0 bridgehead atoms. The van der Waals surface area contributed by atoms with Crippen molar-refractivity contribution in [3.05, 3.63) is 30.3 Å². The summed E-state index contributed by atoms with van der Waals surface area (Å²) in [4.78, 5) is 25.4. The molecule has 2 rings (SSSR count). The molecule has 1 saturated heterocycles. The highest BCUT2D eigenvalue weighted by Gasteiger charge is 2.28. The van der Waals surface area contributed by atoms with Gasteiger partial charge in [-0.3, -0.25) is 9.59 Å². The molecule has 1 aliphatic rings. The Bertz CT molecular complexity index is 461.